The lowest BCUT2D eigenvalue weighted by atomic mass is 10.0. The highest BCUT2D eigenvalue weighted by Gasteiger charge is 2.30. The van der Waals surface area contributed by atoms with Crippen molar-refractivity contribution >= 4 is 34.5 Å². The number of imidazole rings is 1. The molecule has 9 heteroatoms. The fourth-order valence-electron chi connectivity index (χ4n) is 3.44. The Morgan fingerprint density at radius 2 is 2.19 bits per heavy atom. The molecule has 1 unspecified atom stereocenters. The smallest absolute Gasteiger partial charge is 0.242 e. The van der Waals surface area contributed by atoms with Crippen LogP contribution in [0.1, 0.15) is 11.6 Å². The van der Waals surface area contributed by atoms with Crippen molar-refractivity contribution < 1.29 is 4.79 Å². The van der Waals surface area contributed by atoms with Crippen LogP contribution in [-0.4, -0.2) is 64.0 Å². The molecule has 0 saturated carbocycles. The number of aromatic nitrogens is 4. The fourth-order valence-corrected chi connectivity index (χ4v) is 3.70. The minimum absolute atomic E-state index is 0.0233. The largest absolute Gasteiger partial charge is 0.348 e. The molecule has 1 fully saturated rings. The number of aromatic amines is 1. The maximum absolute atomic E-state index is 13.1. The molecule has 1 atom stereocenters. The molecule has 140 valence electrons. The van der Waals surface area contributed by atoms with E-state index in [0.29, 0.717) is 29.6 Å². The summed E-state index contributed by atoms with van der Waals surface area (Å²) in [5, 5.41) is 4.02. The fraction of sp³-hybridized carbons (Fsp3) is 0.333. The Hall–Kier alpha value is -2.71. The average molecular weight is 386 g/mol. The number of nitrogens with zero attached hydrogens (tertiary/aromatic N) is 5. The second kappa shape index (κ2) is 7.50. The summed E-state index contributed by atoms with van der Waals surface area (Å²) in [6.45, 7) is 2.27. The summed E-state index contributed by atoms with van der Waals surface area (Å²) in [4.78, 5) is 32.4. The third kappa shape index (κ3) is 3.45. The van der Waals surface area contributed by atoms with Gasteiger partial charge < -0.3 is 20.1 Å². The van der Waals surface area contributed by atoms with Gasteiger partial charge in [0.15, 0.2) is 11.5 Å². The Labute approximate surface area is 161 Å². The summed E-state index contributed by atoms with van der Waals surface area (Å²) < 4.78 is 0. The van der Waals surface area contributed by atoms with Gasteiger partial charge in [0, 0.05) is 31.7 Å². The predicted molar refractivity (Wildman–Crippen MR) is 104 cm³/mol. The van der Waals surface area contributed by atoms with Gasteiger partial charge in [0.2, 0.25) is 5.91 Å². The maximum atomic E-state index is 13.1. The minimum atomic E-state index is -0.0917. The number of amides is 1. The lowest BCUT2D eigenvalue weighted by Crippen LogP contribution is -2.51. The van der Waals surface area contributed by atoms with E-state index in [-0.39, 0.29) is 18.5 Å². The standard InChI is InChI=1S/C18H20ClN7O/c1-25(18-16-17(22-10-21-16)23-11-24-18)9-15(27)26-7-6-20-8-14(26)12-4-2-3-5-13(12)19/h2-5,10-11,14,20H,6-9H2,1H3,(H,21,22,23,24). The third-order valence-corrected chi connectivity index (χ3v) is 5.11. The number of carbonyl (C=O) groups is 1. The molecule has 27 heavy (non-hydrogen) atoms. The summed E-state index contributed by atoms with van der Waals surface area (Å²) in [5.41, 5.74) is 2.26. The van der Waals surface area contributed by atoms with Crippen LogP contribution in [0.2, 0.25) is 5.02 Å². The van der Waals surface area contributed by atoms with Gasteiger partial charge in [0.25, 0.3) is 0 Å². The zero-order valence-corrected chi connectivity index (χ0v) is 15.6. The molecule has 1 aliphatic heterocycles. The number of likely N-dealkylation sites (N-methyl/N-ethyl adjacent to an activating group) is 1. The molecular weight excluding hydrogens is 366 g/mol. The van der Waals surface area contributed by atoms with Crippen molar-refractivity contribution in [1.82, 2.24) is 30.2 Å². The molecule has 0 spiro atoms. The van der Waals surface area contributed by atoms with E-state index in [2.05, 4.69) is 25.3 Å². The number of anilines is 1. The molecule has 4 rings (SSSR count). The zero-order chi connectivity index (χ0) is 18.8. The van der Waals surface area contributed by atoms with Gasteiger partial charge in [0.1, 0.15) is 11.8 Å². The van der Waals surface area contributed by atoms with E-state index in [1.807, 2.05) is 41.1 Å². The van der Waals surface area contributed by atoms with Crippen molar-refractivity contribution in [3.05, 3.63) is 47.5 Å². The van der Waals surface area contributed by atoms with Gasteiger partial charge >= 0.3 is 0 Å². The van der Waals surface area contributed by atoms with Gasteiger partial charge in [-0.1, -0.05) is 29.8 Å². The van der Waals surface area contributed by atoms with Crippen LogP contribution in [0.4, 0.5) is 5.82 Å². The second-order valence-corrected chi connectivity index (χ2v) is 6.89. The normalized spacial score (nSPS) is 17.3. The molecule has 0 bridgehead atoms. The number of fused-ring (bicyclic) bond motifs is 1. The summed E-state index contributed by atoms with van der Waals surface area (Å²) in [6, 6.07) is 7.58. The molecular formula is C18H20ClN7O. The first-order valence-electron chi connectivity index (χ1n) is 8.75. The van der Waals surface area contributed by atoms with E-state index in [4.69, 9.17) is 11.6 Å². The minimum Gasteiger partial charge on any atom is -0.348 e. The molecule has 0 radical (unpaired) electrons. The van der Waals surface area contributed by atoms with Crippen LogP contribution >= 0.6 is 11.6 Å². The molecule has 3 heterocycles. The molecule has 2 N–H and O–H groups in total. The van der Waals surface area contributed by atoms with Gasteiger partial charge in [-0.2, -0.15) is 0 Å². The molecule has 1 aromatic carbocycles. The van der Waals surface area contributed by atoms with Crippen molar-refractivity contribution in [3.8, 4) is 0 Å². The number of halogens is 1. The number of rotatable bonds is 4. The predicted octanol–water partition coefficient (Wildman–Crippen LogP) is 1.62. The van der Waals surface area contributed by atoms with E-state index in [9.17, 15) is 4.79 Å². The number of piperazine rings is 1. The van der Waals surface area contributed by atoms with Crippen molar-refractivity contribution in [3.63, 3.8) is 0 Å². The number of carbonyl (C=O) groups excluding carboxylic acids is 1. The lowest BCUT2D eigenvalue weighted by Gasteiger charge is -2.37. The highest BCUT2D eigenvalue weighted by atomic mass is 35.5. The van der Waals surface area contributed by atoms with Gasteiger partial charge in [-0.25, -0.2) is 15.0 Å². The first-order valence-corrected chi connectivity index (χ1v) is 9.13. The summed E-state index contributed by atoms with van der Waals surface area (Å²) in [5.74, 6) is 0.672. The molecule has 1 amide bonds. The first-order chi connectivity index (χ1) is 13.1. The van der Waals surface area contributed by atoms with Crippen molar-refractivity contribution in [2.75, 3.05) is 38.1 Å². The van der Waals surface area contributed by atoms with E-state index in [1.54, 1.807) is 6.33 Å². The lowest BCUT2D eigenvalue weighted by molar-refractivity contribution is -0.133. The Balaban J connectivity index is 1.55. The van der Waals surface area contributed by atoms with Crippen LogP contribution in [0.25, 0.3) is 11.2 Å². The quantitative estimate of drug-likeness (QED) is 0.709. The number of nitrogens with one attached hydrogen (secondary N) is 2. The van der Waals surface area contributed by atoms with E-state index in [1.165, 1.54) is 6.33 Å². The van der Waals surface area contributed by atoms with Crippen LogP contribution in [0.15, 0.2) is 36.9 Å². The second-order valence-electron chi connectivity index (χ2n) is 6.48. The van der Waals surface area contributed by atoms with Crippen molar-refractivity contribution in [2.45, 2.75) is 6.04 Å². The van der Waals surface area contributed by atoms with Crippen LogP contribution in [0.3, 0.4) is 0 Å². The van der Waals surface area contributed by atoms with Gasteiger partial charge in [-0.3, -0.25) is 4.79 Å². The molecule has 1 saturated heterocycles. The maximum Gasteiger partial charge on any atom is 0.242 e. The highest BCUT2D eigenvalue weighted by molar-refractivity contribution is 6.31. The van der Waals surface area contributed by atoms with Crippen LogP contribution in [0, 0.1) is 0 Å². The summed E-state index contributed by atoms with van der Waals surface area (Å²) >= 11 is 6.38. The molecule has 3 aromatic rings. The van der Waals surface area contributed by atoms with Crippen molar-refractivity contribution in [1.29, 1.82) is 0 Å². The topological polar surface area (TPSA) is 90.0 Å². The van der Waals surface area contributed by atoms with Gasteiger partial charge in [-0.05, 0) is 11.6 Å². The molecule has 8 nitrogen and oxygen atoms in total. The monoisotopic (exact) mass is 385 g/mol. The highest BCUT2D eigenvalue weighted by Crippen LogP contribution is 2.29. The third-order valence-electron chi connectivity index (χ3n) is 4.76. The van der Waals surface area contributed by atoms with Gasteiger partial charge in [0.05, 0.1) is 18.9 Å². The zero-order valence-electron chi connectivity index (χ0n) is 14.9. The van der Waals surface area contributed by atoms with Crippen LogP contribution in [-0.2, 0) is 4.79 Å². The summed E-state index contributed by atoms with van der Waals surface area (Å²) in [6.07, 6.45) is 3.03. The van der Waals surface area contributed by atoms with Crippen molar-refractivity contribution in [2.24, 2.45) is 0 Å². The Morgan fingerprint density at radius 1 is 1.33 bits per heavy atom. The Bertz CT molecular complexity index is 960. The van der Waals surface area contributed by atoms with Crippen LogP contribution in [0.5, 0.6) is 0 Å². The van der Waals surface area contributed by atoms with E-state index < -0.39 is 0 Å². The number of H-pyrrole nitrogens is 1. The SMILES string of the molecule is CN(CC(=O)N1CCNCC1c1ccccc1Cl)c1ncnc2nc[nH]c12. The van der Waals surface area contributed by atoms with Gasteiger partial charge in [-0.15, -0.1) is 0 Å². The summed E-state index contributed by atoms with van der Waals surface area (Å²) in [7, 11) is 1.84. The number of hydrogen-bond donors (Lipinski definition) is 2. The van der Waals surface area contributed by atoms with Crippen LogP contribution < -0.4 is 10.2 Å². The van der Waals surface area contributed by atoms with E-state index >= 15 is 0 Å². The molecule has 1 aliphatic rings. The Morgan fingerprint density at radius 3 is 3.04 bits per heavy atom. The van der Waals surface area contributed by atoms with E-state index in [0.717, 1.165) is 17.6 Å². The number of hydrogen-bond acceptors (Lipinski definition) is 6. The molecule has 2 aromatic heterocycles. The number of benzene rings is 1. The first kappa shape index (κ1) is 17.7. The Kier molecular flexibility index (Phi) is 4.91. The molecule has 0 aliphatic carbocycles. The average Bonchev–Trinajstić information content (AvgIpc) is 3.17.